The van der Waals surface area contributed by atoms with Crippen LogP contribution in [0.15, 0.2) is 4.99 Å². The highest BCUT2D eigenvalue weighted by Crippen LogP contribution is 2.55. The second kappa shape index (κ2) is 6.82. The molecule has 0 aliphatic carbocycles. The average molecular weight is 522 g/mol. The summed E-state index contributed by atoms with van der Waals surface area (Å²) < 4.78 is 234. The number of aliphatic imine (C=N–C) groups is 1. The third-order valence-electron chi connectivity index (χ3n) is 3.88. The van der Waals surface area contributed by atoms with E-state index in [1.807, 2.05) is 0 Å². The fourth-order valence-electron chi connectivity index (χ4n) is 2.22. The van der Waals surface area contributed by atoms with Crippen LogP contribution in [0, 0.1) is 0 Å². The molecule has 0 radical (unpaired) electrons. The Morgan fingerprint density at radius 3 is 1.12 bits per heavy atom. The third kappa shape index (κ3) is 3.77. The lowest BCUT2D eigenvalue weighted by atomic mass is 9.94. The molecule has 1 aliphatic heterocycles. The van der Waals surface area contributed by atoms with Crippen molar-refractivity contribution in [2.45, 2.75) is 53.9 Å². The van der Waals surface area contributed by atoms with Gasteiger partial charge in [0.25, 0.3) is 11.2 Å². The lowest BCUT2D eigenvalue weighted by molar-refractivity contribution is -0.334. The van der Waals surface area contributed by atoms with Crippen LogP contribution in [-0.2, 0) is 0 Å². The van der Waals surface area contributed by atoms with Gasteiger partial charge in [-0.25, -0.2) is 10.3 Å². The molecule has 190 valence electrons. The number of nitrogens with zero attached hydrogens (tertiary/aromatic N) is 1. The van der Waals surface area contributed by atoms with Crippen molar-refractivity contribution in [2.75, 3.05) is 0 Å². The molecule has 0 spiro atoms. The molecule has 0 amide bonds. The number of rotatable bonds is 1. The summed E-state index contributed by atoms with van der Waals surface area (Å²) in [6, 6.07) is 0. The van der Waals surface area contributed by atoms with E-state index in [-0.39, 0.29) is 0 Å². The molecule has 1 heterocycles. The third-order valence-corrected chi connectivity index (χ3v) is 3.88. The number of amidine groups is 1. The van der Waals surface area contributed by atoms with Gasteiger partial charge in [-0.2, -0.15) is 79.0 Å². The molecule has 22 heteroatoms. The number of nitrogens with one attached hydrogen (secondary N) is 2. The van der Waals surface area contributed by atoms with Crippen molar-refractivity contribution in [3.63, 3.8) is 0 Å². The first-order valence-corrected chi connectivity index (χ1v) is 6.89. The summed E-state index contributed by atoms with van der Waals surface area (Å²) in [5, 5.41) is -1.75. The maximum Gasteiger partial charge on any atom is 0.436 e. The summed E-state index contributed by atoms with van der Waals surface area (Å²) in [5.41, 5.74) is -16.1. The summed E-state index contributed by atoms with van der Waals surface area (Å²) in [5.74, 6) is -4.13. The van der Waals surface area contributed by atoms with Gasteiger partial charge in [-0.1, -0.05) is 0 Å². The van der Waals surface area contributed by atoms with Crippen molar-refractivity contribution in [1.82, 2.24) is 10.6 Å². The first-order valence-electron chi connectivity index (χ1n) is 6.89. The molecule has 0 bridgehead atoms. The van der Waals surface area contributed by atoms with Crippen molar-refractivity contribution < 1.29 is 79.0 Å². The van der Waals surface area contributed by atoms with Crippen LogP contribution in [0.3, 0.4) is 0 Å². The lowest BCUT2D eigenvalue weighted by Crippen LogP contribution is -2.81. The Kier molecular flexibility index (Phi) is 6.00. The van der Waals surface area contributed by atoms with E-state index < -0.39 is 70.4 Å². The standard InChI is InChI=1S/C10H4F18N4/c11-5(12,13)2(6(14,15)16)1(30-3(29,7(17,18)19)8(20,21)22)31-4(32-2,9(23,24)25)10(26,27)28/h32H,29H2,(H,30,31). The lowest BCUT2D eigenvalue weighted by Gasteiger charge is -2.41. The van der Waals surface area contributed by atoms with Crippen LogP contribution >= 0.6 is 0 Å². The number of halogens is 18. The molecule has 0 aromatic carbocycles. The summed E-state index contributed by atoms with van der Waals surface area (Å²) in [6.07, 6.45) is -43.8. The molecule has 32 heavy (non-hydrogen) atoms. The minimum atomic E-state index is -7.48. The normalized spacial score (nSPS) is 20.9. The Bertz CT molecular complexity index is 701. The van der Waals surface area contributed by atoms with Gasteiger partial charge in [0.2, 0.25) is 0 Å². The predicted molar refractivity (Wildman–Crippen MR) is 62.4 cm³/mol. The van der Waals surface area contributed by atoms with E-state index in [9.17, 15) is 79.0 Å². The molecule has 1 aliphatic rings. The molecule has 0 saturated heterocycles. The molecular formula is C10H4F18N4. The summed E-state index contributed by atoms with van der Waals surface area (Å²) in [4.78, 5) is 0.985. The van der Waals surface area contributed by atoms with Gasteiger partial charge in [-0.3, -0.25) is 5.73 Å². The monoisotopic (exact) mass is 522 g/mol. The minimum Gasteiger partial charge on any atom is -0.339 e. The van der Waals surface area contributed by atoms with Crippen LogP contribution in [0.4, 0.5) is 79.0 Å². The van der Waals surface area contributed by atoms with Crippen LogP contribution in [0.2, 0.25) is 0 Å². The van der Waals surface area contributed by atoms with E-state index in [2.05, 4.69) is 5.73 Å². The first-order chi connectivity index (χ1) is 13.5. The smallest absolute Gasteiger partial charge is 0.339 e. The zero-order chi connectivity index (χ0) is 26.2. The largest absolute Gasteiger partial charge is 0.436 e. The van der Waals surface area contributed by atoms with Gasteiger partial charge in [0.1, 0.15) is 5.84 Å². The molecule has 0 unspecified atom stereocenters. The molecule has 0 saturated carbocycles. The Morgan fingerprint density at radius 2 is 0.906 bits per heavy atom. The Hall–Kier alpha value is -1.87. The Balaban J connectivity index is 4.15. The number of hydrogen-bond donors (Lipinski definition) is 3. The second-order valence-electron chi connectivity index (χ2n) is 5.97. The number of alkyl halides is 18. The van der Waals surface area contributed by atoms with E-state index in [0.717, 1.165) is 4.99 Å². The van der Waals surface area contributed by atoms with Gasteiger partial charge in [-0.05, 0) is 0 Å². The van der Waals surface area contributed by atoms with Crippen LogP contribution in [0.5, 0.6) is 0 Å². The Labute approximate surface area is 161 Å². The van der Waals surface area contributed by atoms with Gasteiger partial charge in [0.05, 0.1) is 0 Å². The zero-order valence-corrected chi connectivity index (χ0v) is 13.8. The van der Waals surface area contributed by atoms with Crippen LogP contribution in [-0.4, -0.2) is 59.8 Å². The van der Waals surface area contributed by atoms with Crippen molar-refractivity contribution in [1.29, 1.82) is 0 Å². The van der Waals surface area contributed by atoms with E-state index in [1.165, 1.54) is 0 Å². The second-order valence-corrected chi connectivity index (χ2v) is 5.97. The highest BCUT2D eigenvalue weighted by atomic mass is 19.4. The van der Waals surface area contributed by atoms with Crippen molar-refractivity contribution in [3.8, 4) is 0 Å². The van der Waals surface area contributed by atoms with Gasteiger partial charge in [-0.15, -0.1) is 0 Å². The highest BCUT2D eigenvalue weighted by Gasteiger charge is 2.87. The molecule has 1 rings (SSSR count). The van der Waals surface area contributed by atoms with Gasteiger partial charge in [0, 0.05) is 0 Å². The molecular weight excluding hydrogens is 518 g/mol. The van der Waals surface area contributed by atoms with Gasteiger partial charge < -0.3 is 5.32 Å². The van der Waals surface area contributed by atoms with E-state index in [1.54, 1.807) is 0 Å². The maximum absolute atomic E-state index is 13.2. The number of hydrogen-bond acceptors (Lipinski definition) is 4. The highest BCUT2D eigenvalue weighted by molar-refractivity contribution is 5.96. The van der Waals surface area contributed by atoms with Crippen LogP contribution < -0.4 is 16.4 Å². The van der Waals surface area contributed by atoms with Crippen molar-refractivity contribution in [2.24, 2.45) is 10.7 Å². The van der Waals surface area contributed by atoms with Crippen LogP contribution in [0.25, 0.3) is 0 Å². The summed E-state index contributed by atoms with van der Waals surface area (Å²) in [6.45, 7) is 0. The van der Waals surface area contributed by atoms with E-state index in [0.29, 0.717) is 0 Å². The first kappa shape index (κ1) is 28.2. The topological polar surface area (TPSA) is 62.4 Å². The van der Waals surface area contributed by atoms with Gasteiger partial charge >= 0.3 is 42.7 Å². The fourth-order valence-corrected chi connectivity index (χ4v) is 2.22. The average Bonchev–Trinajstić information content (AvgIpc) is 2.80. The summed E-state index contributed by atoms with van der Waals surface area (Å²) >= 11 is 0. The molecule has 0 fully saturated rings. The summed E-state index contributed by atoms with van der Waals surface area (Å²) in [7, 11) is 0. The predicted octanol–water partition coefficient (Wildman–Crippen LogP) is 4.04. The quantitative estimate of drug-likeness (QED) is 0.360. The van der Waals surface area contributed by atoms with Crippen molar-refractivity contribution >= 4 is 5.84 Å². The molecule has 4 N–H and O–H groups in total. The van der Waals surface area contributed by atoms with Gasteiger partial charge in [0.15, 0.2) is 0 Å². The zero-order valence-electron chi connectivity index (χ0n) is 13.8. The molecule has 0 atom stereocenters. The SMILES string of the molecule is NC(NC1=NC(C(F)(F)F)(C(F)(F)F)NC1(C(F)(F)F)C(F)(F)F)(C(F)(F)F)C(F)(F)F. The Morgan fingerprint density at radius 1 is 0.594 bits per heavy atom. The minimum absolute atomic E-state index is 0.750. The molecule has 0 aromatic heterocycles. The van der Waals surface area contributed by atoms with Crippen molar-refractivity contribution in [3.05, 3.63) is 0 Å². The molecule has 0 aromatic rings. The van der Waals surface area contributed by atoms with Crippen LogP contribution in [0.1, 0.15) is 0 Å². The fraction of sp³-hybridized carbons (Fsp3) is 0.900. The number of nitrogens with two attached hydrogens (primary N) is 1. The van der Waals surface area contributed by atoms with E-state index in [4.69, 9.17) is 0 Å². The van der Waals surface area contributed by atoms with E-state index >= 15 is 0 Å². The molecule has 4 nitrogen and oxygen atoms in total. The maximum atomic E-state index is 13.2.